The molecular weight excluding hydrogens is 198 g/mol. The van der Waals surface area contributed by atoms with Gasteiger partial charge in [-0.1, -0.05) is 0 Å². The summed E-state index contributed by atoms with van der Waals surface area (Å²) < 4.78 is 0. The van der Waals surface area contributed by atoms with Crippen molar-refractivity contribution in [3.8, 4) is 0 Å². The van der Waals surface area contributed by atoms with Crippen molar-refractivity contribution in [1.82, 2.24) is 15.1 Å². The van der Waals surface area contributed by atoms with Gasteiger partial charge in [0, 0.05) is 19.1 Å². The molecule has 2 aliphatic rings. The van der Waals surface area contributed by atoms with Crippen molar-refractivity contribution in [2.45, 2.75) is 18.9 Å². The van der Waals surface area contributed by atoms with Gasteiger partial charge in [0.1, 0.15) is 6.54 Å². The number of amides is 4. The molecule has 15 heavy (non-hydrogen) atoms. The summed E-state index contributed by atoms with van der Waals surface area (Å²) in [5.41, 5.74) is 0. The largest absolute Gasteiger partial charge is 0.345 e. The van der Waals surface area contributed by atoms with E-state index < -0.39 is 0 Å². The Morgan fingerprint density at radius 1 is 1.27 bits per heavy atom. The molecule has 0 aromatic carbocycles. The third-order valence-electron chi connectivity index (χ3n) is 2.91. The zero-order chi connectivity index (χ0) is 10.8. The Bertz CT molecular complexity index is 297. The minimum Gasteiger partial charge on any atom is -0.345 e. The minimum absolute atomic E-state index is 0.0904. The zero-order valence-electron chi connectivity index (χ0n) is 8.31. The molecule has 0 atom stereocenters. The highest BCUT2D eigenvalue weighted by atomic mass is 16.2. The second-order valence-electron chi connectivity index (χ2n) is 3.85. The van der Waals surface area contributed by atoms with Crippen molar-refractivity contribution in [3.63, 3.8) is 0 Å². The van der Waals surface area contributed by atoms with E-state index in [0.29, 0.717) is 13.1 Å². The fraction of sp³-hybridized carbons (Fsp3) is 0.667. The average molecular weight is 211 g/mol. The Labute approximate surface area is 87.2 Å². The van der Waals surface area contributed by atoms with Gasteiger partial charge in [-0.25, -0.2) is 4.79 Å². The van der Waals surface area contributed by atoms with Gasteiger partial charge in [0.15, 0.2) is 0 Å². The smallest absolute Gasteiger partial charge is 0.324 e. The summed E-state index contributed by atoms with van der Waals surface area (Å²) in [4.78, 5) is 36.1. The van der Waals surface area contributed by atoms with Crippen LogP contribution in [0.2, 0.25) is 0 Å². The SMILES string of the molecule is O=CN1CCC(N2CC(=O)NC2=O)CC1. The standard InChI is InChI=1S/C9H13N3O3/c13-6-11-3-1-7(2-4-11)12-5-8(14)10-9(12)15/h6-7H,1-5H2,(H,10,14,15). The van der Waals surface area contributed by atoms with Crippen LogP contribution in [0.1, 0.15) is 12.8 Å². The van der Waals surface area contributed by atoms with E-state index in [1.165, 1.54) is 0 Å². The molecule has 6 heteroatoms. The predicted octanol–water partition coefficient (Wildman–Crippen LogP) is -0.841. The van der Waals surface area contributed by atoms with Crippen LogP contribution in [0.3, 0.4) is 0 Å². The molecular formula is C9H13N3O3. The number of piperidine rings is 1. The van der Waals surface area contributed by atoms with Crippen LogP contribution in [-0.2, 0) is 9.59 Å². The molecule has 0 aromatic heterocycles. The predicted molar refractivity (Wildman–Crippen MR) is 50.9 cm³/mol. The van der Waals surface area contributed by atoms with Crippen molar-refractivity contribution in [2.75, 3.05) is 19.6 Å². The lowest BCUT2D eigenvalue weighted by atomic mass is 10.0. The van der Waals surface area contributed by atoms with E-state index in [-0.39, 0.29) is 24.5 Å². The average Bonchev–Trinajstić information content (AvgIpc) is 2.58. The van der Waals surface area contributed by atoms with Crippen molar-refractivity contribution in [1.29, 1.82) is 0 Å². The number of rotatable bonds is 2. The van der Waals surface area contributed by atoms with Crippen LogP contribution in [0.4, 0.5) is 4.79 Å². The van der Waals surface area contributed by atoms with Crippen LogP contribution in [-0.4, -0.2) is 53.8 Å². The third kappa shape index (κ3) is 1.93. The quantitative estimate of drug-likeness (QED) is 0.478. The van der Waals surface area contributed by atoms with Gasteiger partial charge in [-0.3, -0.25) is 14.9 Å². The molecule has 2 heterocycles. The number of likely N-dealkylation sites (tertiary alicyclic amines) is 1. The highest BCUT2D eigenvalue weighted by Crippen LogP contribution is 2.17. The van der Waals surface area contributed by atoms with Gasteiger partial charge in [0.25, 0.3) is 0 Å². The van der Waals surface area contributed by atoms with Crippen LogP contribution in [0.5, 0.6) is 0 Å². The molecule has 0 saturated carbocycles. The van der Waals surface area contributed by atoms with Crippen molar-refractivity contribution in [2.24, 2.45) is 0 Å². The summed E-state index contributed by atoms with van der Waals surface area (Å²) >= 11 is 0. The maximum Gasteiger partial charge on any atom is 0.324 e. The third-order valence-corrected chi connectivity index (χ3v) is 2.91. The highest BCUT2D eigenvalue weighted by molar-refractivity contribution is 6.02. The molecule has 1 N–H and O–H groups in total. The van der Waals surface area contributed by atoms with E-state index in [1.807, 2.05) is 0 Å². The lowest BCUT2D eigenvalue weighted by Crippen LogP contribution is -2.45. The zero-order valence-corrected chi connectivity index (χ0v) is 8.31. The lowest BCUT2D eigenvalue weighted by Gasteiger charge is -2.33. The first kappa shape index (κ1) is 9.95. The van der Waals surface area contributed by atoms with Gasteiger partial charge in [-0.2, -0.15) is 0 Å². The second-order valence-corrected chi connectivity index (χ2v) is 3.85. The number of carbonyl (C=O) groups is 3. The molecule has 0 aliphatic carbocycles. The topological polar surface area (TPSA) is 69.7 Å². The summed E-state index contributed by atoms with van der Waals surface area (Å²) in [6.07, 6.45) is 2.32. The molecule has 2 fully saturated rings. The fourth-order valence-electron chi connectivity index (χ4n) is 2.05. The van der Waals surface area contributed by atoms with Gasteiger partial charge in [-0.15, -0.1) is 0 Å². The first-order chi connectivity index (χ1) is 7.20. The van der Waals surface area contributed by atoms with Crippen molar-refractivity contribution >= 4 is 18.3 Å². The van der Waals surface area contributed by atoms with E-state index in [4.69, 9.17) is 0 Å². The number of nitrogens with zero attached hydrogens (tertiary/aromatic N) is 2. The second kappa shape index (κ2) is 3.88. The molecule has 2 rings (SSSR count). The maximum absolute atomic E-state index is 11.3. The van der Waals surface area contributed by atoms with Crippen LogP contribution < -0.4 is 5.32 Å². The molecule has 0 radical (unpaired) electrons. The van der Waals surface area contributed by atoms with Crippen LogP contribution in [0.15, 0.2) is 0 Å². The molecule has 0 unspecified atom stereocenters. The summed E-state index contributed by atoms with van der Waals surface area (Å²) in [6, 6.07) is -0.211. The number of carbonyl (C=O) groups excluding carboxylic acids is 3. The van der Waals surface area contributed by atoms with E-state index in [1.54, 1.807) is 9.80 Å². The molecule has 0 bridgehead atoms. The Morgan fingerprint density at radius 2 is 1.93 bits per heavy atom. The lowest BCUT2D eigenvalue weighted by molar-refractivity contribution is -0.120. The van der Waals surface area contributed by atoms with E-state index >= 15 is 0 Å². The Morgan fingerprint density at radius 3 is 2.40 bits per heavy atom. The number of nitrogens with one attached hydrogen (secondary N) is 1. The Hall–Kier alpha value is -1.59. The number of hydrogen-bond donors (Lipinski definition) is 1. The van der Waals surface area contributed by atoms with E-state index in [2.05, 4.69) is 5.32 Å². The maximum atomic E-state index is 11.3. The summed E-state index contributed by atoms with van der Waals surface area (Å²) in [7, 11) is 0. The normalized spacial score (nSPS) is 23.2. The van der Waals surface area contributed by atoms with Gasteiger partial charge in [0.05, 0.1) is 0 Å². The van der Waals surface area contributed by atoms with Crippen molar-refractivity contribution in [3.05, 3.63) is 0 Å². The molecule has 6 nitrogen and oxygen atoms in total. The Kier molecular flexibility index (Phi) is 2.57. The van der Waals surface area contributed by atoms with Gasteiger partial charge < -0.3 is 9.80 Å². The summed E-state index contributed by atoms with van der Waals surface area (Å²) in [5, 5.41) is 2.25. The number of urea groups is 1. The van der Waals surface area contributed by atoms with Crippen LogP contribution in [0.25, 0.3) is 0 Å². The summed E-state index contributed by atoms with van der Waals surface area (Å²) in [6.45, 7) is 1.48. The first-order valence-corrected chi connectivity index (χ1v) is 5.00. The molecule has 82 valence electrons. The van der Waals surface area contributed by atoms with Gasteiger partial charge in [-0.05, 0) is 12.8 Å². The molecule has 2 aliphatic heterocycles. The molecule has 0 aromatic rings. The van der Waals surface area contributed by atoms with Crippen LogP contribution in [0, 0.1) is 0 Å². The molecule has 4 amide bonds. The number of imide groups is 1. The minimum atomic E-state index is -0.301. The van der Waals surface area contributed by atoms with Gasteiger partial charge in [0.2, 0.25) is 12.3 Å². The highest BCUT2D eigenvalue weighted by Gasteiger charge is 2.34. The monoisotopic (exact) mass is 211 g/mol. The fourth-order valence-corrected chi connectivity index (χ4v) is 2.05. The Balaban J connectivity index is 1.93. The van der Waals surface area contributed by atoms with E-state index in [9.17, 15) is 14.4 Å². The molecule has 0 spiro atoms. The number of hydrogen-bond acceptors (Lipinski definition) is 3. The first-order valence-electron chi connectivity index (χ1n) is 5.00. The van der Waals surface area contributed by atoms with E-state index in [0.717, 1.165) is 19.3 Å². The van der Waals surface area contributed by atoms with Crippen LogP contribution >= 0.6 is 0 Å². The van der Waals surface area contributed by atoms with Crippen molar-refractivity contribution < 1.29 is 14.4 Å². The molecule has 2 saturated heterocycles. The van der Waals surface area contributed by atoms with Gasteiger partial charge >= 0.3 is 6.03 Å². The summed E-state index contributed by atoms with van der Waals surface area (Å²) in [5.74, 6) is -0.238.